The Hall–Kier alpha value is -3.84. The molecule has 37 heavy (non-hydrogen) atoms. The molecule has 0 saturated carbocycles. The monoisotopic (exact) mass is 512 g/mol. The van der Waals surface area contributed by atoms with E-state index in [9.17, 15) is 0 Å². The van der Waals surface area contributed by atoms with Crippen LogP contribution in [0.2, 0.25) is 0 Å². The summed E-state index contributed by atoms with van der Waals surface area (Å²) in [6.45, 7) is 8.81. The predicted octanol–water partition coefficient (Wildman–Crippen LogP) is 7.06. The fraction of sp³-hybridized carbons (Fsp3) is 0.267. The third-order valence-electron chi connectivity index (χ3n) is 6.87. The van der Waals surface area contributed by atoms with Gasteiger partial charge in [0.25, 0.3) is 0 Å². The topological polar surface area (TPSA) is 51.6 Å². The van der Waals surface area contributed by atoms with Gasteiger partial charge in [-0.2, -0.15) is 0 Å². The van der Waals surface area contributed by atoms with Gasteiger partial charge in [0, 0.05) is 29.3 Å². The molecule has 2 atom stereocenters. The number of thiocarbonyl (C=S) groups is 1. The van der Waals surface area contributed by atoms with E-state index in [4.69, 9.17) is 21.7 Å². The van der Waals surface area contributed by atoms with Crippen LogP contribution in [0, 0.1) is 13.8 Å². The molecule has 0 spiro atoms. The van der Waals surface area contributed by atoms with Gasteiger partial charge in [-0.15, -0.1) is 0 Å². The number of benzene rings is 2. The molecule has 0 amide bonds. The molecule has 190 valence electrons. The Morgan fingerprint density at radius 3 is 2.14 bits per heavy atom. The lowest BCUT2D eigenvalue weighted by Gasteiger charge is -2.28. The zero-order chi connectivity index (χ0) is 26.1. The Kier molecular flexibility index (Phi) is 6.89. The minimum absolute atomic E-state index is 0.0468. The molecule has 1 aliphatic rings. The van der Waals surface area contributed by atoms with Crippen LogP contribution in [-0.2, 0) is 0 Å². The molecule has 7 heteroatoms. The van der Waals surface area contributed by atoms with Crippen LogP contribution in [0.1, 0.15) is 54.6 Å². The van der Waals surface area contributed by atoms with Crippen LogP contribution < -0.4 is 19.7 Å². The number of methoxy groups -OCH3 is 1. The first-order valence-electron chi connectivity index (χ1n) is 12.5. The van der Waals surface area contributed by atoms with Crippen molar-refractivity contribution in [1.82, 2.24) is 14.9 Å². The standard InChI is InChI=1S/C30H32N4O2S/c1-19(2)33-20(3)18-26(21(33)4)29-28(27-8-6-7-17-31-27)32-30(37)34(29)22-9-11-24(12-10-22)36-25-15-13-23(35-5)14-16-25/h6-19,28-29H,1-5H3,(H,32,37)/t28-,29-/m1/s1. The van der Waals surface area contributed by atoms with Gasteiger partial charge in [-0.05, 0) is 112 Å². The second kappa shape index (κ2) is 10.3. The summed E-state index contributed by atoms with van der Waals surface area (Å²) in [5.41, 5.74) is 5.69. The number of rotatable bonds is 7. The maximum absolute atomic E-state index is 6.05. The number of ether oxygens (including phenoxy) is 2. The molecule has 1 fully saturated rings. The molecular weight excluding hydrogens is 480 g/mol. The van der Waals surface area contributed by atoms with Crippen molar-refractivity contribution in [2.75, 3.05) is 12.0 Å². The van der Waals surface area contributed by atoms with Gasteiger partial charge in [-0.1, -0.05) is 6.07 Å². The van der Waals surface area contributed by atoms with Crippen LogP contribution in [0.25, 0.3) is 0 Å². The molecule has 0 aliphatic carbocycles. The van der Waals surface area contributed by atoms with Crippen molar-refractivity contribution in [3.8, 4) is 17.2 Å². The van der Waals surface area contributed by atoms with E-state index in [1.54, 1.807) is 7.11 Å². The summed E-state index contributed by atoms with van der Waals surface area (Å²) in [6, 6.07) is 24.2. The largest absolute Gasteiger partial charge is 0.497 e. The molecule has 2 aromatic carbocycles. The maximum Gasteiger partial charge on any atom is 0.174 e. The van der Waals surface area contributed by atoms with Crippen molar-refractivity contribution in [3.05, 3.63) is 102 Å². The summed E-state index contributed by atoms with van der Waals surface area (Å²) < 4.78 is 13.7. The van der Waals surface area contributed by atoms with Crippen molar-refractivity contribution >= 4 is 23.0 Å². The summed E-state index contributed by atoms with van der Waals surface area (Å²) >= 11 is 5.91. The smallest absolute Gasteiger partial charge is 0.174 e. The predicted molar refractivity (Wildman–Crippen MR) is 152 cm³/mol. The first-order chi connectivity index (χ1) is 17.9. The average molecular weight is 513 g/mol. The van der Waals surface area contributed by atoms with Crippen molar-refractivity contribution in [2.24, 2.45) is 0 Å². The number of hydrogen-bond acceptors (Lipinski definition) is 4. The van der Waals surface area contributed by atoms with Crippen molar-refractivity contribution in [3.63, 3.8) is 0 Å². The Morgan fingerprint density at radius 2 is 1.57 bits per heavy atom. The van der Waals surface area contributed by atoms with Crippen LogP contribution in [0.3, 0.4) is 0 Å². The van der Waals surface area contributed by atoms with E-state index in [0.717, 1.165) is 28.6 Å². The second-order valence-corrected chi connectivity index (χ2v) is 9.95. The molecular formula is C30H32N4O2S. The van der Waals surface area contributed by atoms with Crippen LogP contribution >= 0.6 is 12.2 Å². The minimum Gasteiger partial charge on any atom is -0.497 e. The van der Waals surface area contributed by atoms with Crippen molar-refractivity contribution in [1.29, 1.82) is 0 Å². The number of nitrogens with one attached hydrogen (secondary N) is 1. The van der Waals surface area contributed by atoms with Crippen molar-refractivity contribution < 1.29 is 9.47 Å². The lowest BCUT2D eigenvalue weighted by molar-refractivity contribution is 0.413. The highest BCUT2D eigenvalue weighted by atomic mass is 32.1. The molecule has 4 aromatic rings. The number of pyridine rings is 1. The summed E-state index contributed by atoms with van der Waals surface area (Å²) in [5, 5.41) is 4.24. The number of hydrogen-bond donors (Lipinski definition) is 1. The van der Waals surface area contributed by atoms with E-state index in [1.807, 2.05) is 54.7 Å². The fourth-order valence-electron chi connectivity index (χ4n) is 5.30. The lowest BCUT2D eigenvalue weighted by Crippen LogP contribution is -2.29. The van der Waals surface area contributed by atoms with E-state index in [0.29, 0.717) is 11.2 Å². The molecule has 1 saturated heterocycles. The average Bonchev–Trinajstić information content (AvgIpc) is 3.40. The van der Waals surface area contributed by atoms with Crippen molar-refractivity contribution in [2.45, 2.75) is 45.8 Å². The number of nitrogens with zero attached hydrogens (tertiary/aromatic N) is 3. The van der Waals surface area contributed by atoms with E-state index < -0.39 is 0 Å². The van der Waals surface area contributed by atoms with Gasteiger partial charge >= 0.3 is 0 Å². The van der Waals surface area contributed by atoms with Crippen LogP contribution in [-0.4, -0.2) is 21.8 Å². The van der Waals surface area contributed by atoms with E-state index in [2.05, 4.69) is 71.7 Å². The fourth-order valence-corrected chi connectivity index (χ4v) is 5.65. The van der Waals surface area contributed by atoms with E-state index in [-0.39, 0.29) is 12.1 Å². The second-order valence-electron chi connectivity index (χ2n) is 9.56. The quantitative estimate of drug-likeness (QED) is 0.268. The molecule has 5 rings (SSSR count). The molecule has 0 radical (unpaired) electrons. The molecule has 2 aromatic heterocycles. The van der Waals surface area contributed by atoms with E-state index in [1.165, 1.54) is 17.0 Å². The summed E-state index contributed by atoms with van der Waals surface area (Å²) in [4.78, 5) is 6.89. The third-order valence-corrected chi connectivity index (χ3v) is 7.18. The molecule has 6 nitrogen and oxygen atoms in total. The highest BCUT2D eigenvalue weighted by Gasteiger charge is 2.42. The first kappa shape index (κ1) is 24.8. The third kappa shape index (κ3) is 4.79. The Morgan fingerprint density at radius 1 is 0.919 bits per heavy atom. The summed E-state index contributed by atoms with van der Waals surface area (Å²) in [6.07, 6.45) is 1.84. The Labute approximate surface area is 223 Å². The summed E-state index contributed by atoms with van der Waals surface area (Å²) in [5.74, 6) is 2.30. The summed E-state index contributed by atoms with van der Waals surface area (Å²) in [7, 11) is 1.65. The van der Waals surface area contributed by atoms with E-state index >= 15 is 0 Å². The van der Waals surface area contributed by atoms with Gasteiger partial charge < -0.3 is 24.3 Å². The normalized spacial score (nSPS) is 17.2. The number of anilines is 1. The molecule has 0 bridgehead atoms. The SMILES string of the molecule is COc1ccc(Oc2ccc(N3C(=S)N[C@H](c4ccccn4)[C@H]3c3cc(C)n(C(C)C)c3C)cc2)cc1. The zero-order valence-electron chi connectivity index (χ0n) is 21.8. The minimum atomic E-state index is -0.0787. The highest BCUT2D eigenvalue weighted by Crippen LogP contribution is 2.44. The van der Waals surface area contributed by atoms with Gasteiger partial charge in [0.2, 0.25) is 0 Å². The first-order valence-corrected chi connectivity index (χ1v) is 12.9. The molecule has 0 unspecified atom stereocenters. The Balaban J connectivity index is 1.51. The number of aromatic nitrogens is 2. The van der Waals surface area contributed by atoms with Crippen LogP contribution in [0.5, 0.6) is 17.2 Å². The molecule has 3 heterocycles. The van der Waals surface area contributed by atoms with Crippen LogP contribution in [0.4, 0.5) is 5.69 Å². The molecule has 1 N–H and O–H groups in total. The van der Waals surface area contributed by atoms with Gasteiger partial charge in [-0.25, -0.2) is 0 Å². The Bertz CT molecular complexity index is 1380. The maximum atomic E-state index is 6.05. The van der Waals surface area contributed by atoms with Gasteiger partial charge in [0.1, 0.15) is 17.2 Å². The zero-order valence-corrected chi connectivity index (χ0v) is 22.6. The lowest BCUT2D eigenvalue weighted by atomic mass is 9.96. The van der Waals surface area contributed by atoms with Gasteiger partial charge in [0.05, 0.1) is 24.9 Å². The van der Waals surface area contributed by atoms with Gasteiger partial charge in [0.15, 0.2) is 5.11 Å². The van der Waals surface area contributed by atoms with Crippen LogP contribution in [0.15, 0.2) is 79.0 Å². The molecule has 1 aliphatic heterocycles. The highest BCUT2D eigenvalue weighted by molar-refractivity contribution is 7.80. The number of aryl methyl sites for hydroxylation is 1. The van der Waals surface area contributed by atoms with Gasteiger partial charge in [-0.3, -0.25) is 4.98 Å².